The van der Waals surface area contributed by atoms with Crippen LogP contribution in [0.15, 0.2) is 23.3 Å². The summed E-state index contributed by atoms with van der Waals surface area (Å²) >= 11 is 0. The maximum absolute atomic E-state index is 13.8. The summed E-state index contributed by atoms with van der Waals surface area (Å²) in [7, 11) is 1.71. The monoisotopic (exact) mass is 348 g/mol. The summed E-state index contributed by atoms with van der Waals surface area (Å²) < 4.78 is 13.8. The van der Waals surface area contributed by atoms with Crippen molar-refractivity contribution in [2.45, 2.75) is 25.3 Å². The van der Waals surface area contributed by atoms with E-state index in [-0.39, 0.29) is 23.7 Å². The second-order valence-corrected chi connectivity index (χ2v) is 6.45. The van der Waals surface area contributed by atoms with Crippen molar-refractivity contribution in [1.82, 2.24) is 20.9 Å². The van der Waals surface area contributed by atoms with E-state index in [0.29, 0.717) is 31.4 Å². The van der Waals surface area contributed by atoms with Crippen LogP contribution in [0.3, 0.4) is 0 Å². The Bertz CT molecular complexity index is 633. The number of nitrogens with one attached hydrogen (secondary N) is 3. The number of guanidine groups is 1. The molecule has 1 saturated heterocycles. The van der Waals surface area contributed by atoms with Crippen LogP contribution >= 0.6 is 0 Å². The normalized spacial score (nSPS) is 20.5. The van der Waals surface area contributed by atoms with E-state index in [1.807, 2.05) is 4.90 Å². The average molecular weight is 348 g/mol. The van der Waals surface area contributed by atoms with Crippen LogP contribution in [-0.4, -0.2) is 56.1 Å². The van der Waals surface area contributed by atoms with E-state index in [0.717, 1.165) is 25.8 Å². The van der Waals surface area contributed by atoms with Crippen molar-refractivity contribution in [2.75, 3.05) is 38.1 Å². The van der Waals surface area contributed by atoms with E-state index >= 15 is 0 Å². The summed E-state index contributed by atoms with van der Waals surface area (Å²) in [5, 5.41) is 9.45. The topological polar surface area (TPSA) is 81.6 Å². The van der Waals surface area contributed by atoms with Crippen molar-refractivity contribution in [2.24, 2.45) is 10.9 Å². The molecule has 8 heteroatoms. The molecule has 3 N–H and O–H groups in total. The largest absolute Gasteiger partial charge is 0.355 e. The van der Waals surface area contributed by atoms with Crippen LogP contribution in [0, 0.1) is 11.7 Å². The van der Waals surface area contributed by atoms with E-state index in [2.05, 4.69) is 25.9 Å². The first kappa shape index (κ1) is 17.4. The van der Waals surface area contributed by atoms with Gasteiger partial charge in [0.1, 0.15) is 0 Å². The van der Waals surface area contributed by atoms with Gasteiger partial charge in [-0.1, -0.05) is 0 Å². The van der Waals surface area contributed by atoms with Crippen molar-refractivity contribution < 1.29 is 9.18 Å². The molecule has 1 atom stereocenters. The molecule has 0 bridgehead atoms. The van der Waals surface area contributed by atoms with Crippen molar-refractivity contribution in [3.63, 3.8) is 0 Å². The number of aromatic nitrogens is 1. The fourth-order valence-corrected chi connectivity index (χ4v) is 2.92. The van der Waals surface area contributed by atoms with Crippen molar-refractivity contribution in [1.29, 1.82) is 0 Å². The molecule has 7 nitrogen and oxygen atoms in total. The van der Waals surface area contributed by atoms with E-state index in [4.69, 9.17) is 0 Å². The van der Waals surface area contributed by atoms with E-state index in [9.17, 15) is 9.18 Å². The van der Waals surface area contributed by atoms with E-state index < -0.39 is 0 Å². The molecule has 1 saturated carbocycles. The van der Waals surface area contributed by atoms with Gasteiger partial charge in [0.25, 0.3) is 0 Å². The second-order valence-electron chi connectivity index (χ2n) is 6.45. The second kappa shape index (κ2) is 8.13. The molecular weight excluding hydrogens is 323 g/mol. The minimum atomic E-state index is -0.294. The quantitative estimate of drug-likeness (QED) is 0.396. The van der Waals surface area contributed by atoms with Gasteiger partial charge in [-0.15, -0.1) is 0 Å². The Morgan fingerprint density at radius 3 is 2.88 bits per heavy atom. The highest BCUT2D eigenvalue weighted by Gasteiger charge is 2.29. The number of carbonyl (C=O) groups is 1. The molecule has 0 radical (unpaired) electrons. The Hall–Kier alpha value is -2.38. The first-order chi connectivity index (χ1) is 12.2. The zero-order valence-electron chi connectivity index (χ0n) is 14.5. The third-order valence-corrected chi connectivity index (χ3v) is 4.46. The molecule has 2 aliphatic rings. The molecule has 0 aromatic carbocycles. The molecule has 1 unspecified atom stereocenters. The summed E-state index contributed by atoms with van der Waals surface area (Å²) in [6.07, 6.45) is 4.51. The first-order valence-corrected chi connectivity index (χ1v) is 8.77. The molecule has 1 aromatic rings. The average Bonchev–Trinajstić information content (AvgIpc) is 3.37. The molecule has 1 aliphatic carbocycles. The summed E-state index contributed by atoms with van der Waals surface area (Å²) in [6.45, 7) is 2.61. The molecule has 1 amide bonds. The van der Waals surface area contributed by atoms with Crippen molar-refractivity contribution >= 4 is 17.7 Å². The molecule has 2 fully saturated rings. The Morgan fingerprint density at radius 2 is 2.16 bits per heavy atom. The number of amides is 1. The summed E-state index contributed by atoms with van der Waals surface area (Å²) in [6, 6.07) is 3.20. The number of rotatable bonds is 6. The lowest BCUT2D eigenvalue weighted by Crippen LogP contribution is -2.46. The molecule has 2 heterocycles. The highest BCUT2D eigenvalue weighted by Crippen LogP contribution is 2.28. The van der Waals surface area contributed by atoms with E-state index in [1.54, 1.807) is 19.3 Å². The lowest BCUT2D eigenvalue weighted by molar-refractivity contribution is -0.122. The third kappa shape index (κ3) is 4.80. The highest BCUT2D eigenvalue weighted by atomic mass is 19.1. The maximum atomic E-state index is 13.8. The number of pyridine rings is 1. The zero-order chi connectivity index (χ0) is 17.6. The minimum absolute atomic E-state index is 0.147. The predicted molar refractivity (Wildman–Crippen MR) is 95.0 cm³/mol. The summed E-state index contributed by atoms with van der Waals surface area (Å²) in [5.41, 5.74) is 0. The Kier molecular flexibility index (Phi) is 5.67. The van der Waals surface area contributed by atoms with Crippen LogP contribution in [0.1, 0.15) is 19.3 Å². The fourth-order valence-electron chi connectivity index (χ4n) is 2.92. The number of halogens is 1. The lowest BCUT2D eigenvalue weighted by atomic mass is 10.3. The SMILES string of the molecule is CN=C(NCCNC(=O)C1CC1)NC1CCN(c2ncccc2F)C1. The standard InChI is InChI=1S/C17H25FN6O/c1-19-17(22-9-8-21-16(25)12-4-5-12)23-13-6-10-24(11-13)15-14(18)3-2-7-20-15/h2-3,7,12-13H,4-6,8-11H2,1H3,(H,21,25)(H2,19,22,23). The summed E-state index contributed by atoms with van der Waals surface area (Å²) in [5.74, 6) is 1.17. The van der Waals surface area contributed by atoms with Crippen LogP contribution in [0.25, 0.3) is 0 Å². The van der Waals surface area contributed by atoms with Gasteiger partial charge < -0.3 is 20.9 Å². The molecule has 136 valence electrons. The molecule has 1 aromatic heterocycles. The first-order valence-electron chi connectivity index (χ1n) is 8.77. The van der Waals surface area contributed by atoms with Gasteiger partial charge in [-0.2, -0.15) is 0 Å². The smallest absolute Gasteiger partial charge is 0.223 e. The van der Waals surface area contributed by atoms with Gasteiger partial charge in [0, 0.05) is 51.4 Å². The maximum Gasteiger partial charge on any atom is 0.223 e. The third-order valence-electron chi connectivity index (χ3n) is 4.46. The van der Waals surface area contributed by atoms with Gasteiger partial charge in [-0.05, 0) is 31.4 Å². The van der Waals surface area contributed by atoms with Gasteiger partial charge in [0.2, 0.25) is 5.91 Å². The Labute approximate surface area is 147 Å². The van der Waals surface area contributed by atoms with Gasteiger partial charge in [0.05, 0.1) is 0 Å². The number of hydrogen-bond acceptors (Lipinski definition) is 4. The zero-order valence-corrected chi connectivity index (χ0v) is 14.5. The lowest BCUT2D eigenvalue weighted by Gasteiger charge is -2.20. The molecule has 25 heavy (non-hydrogen) atoms. The van der Waals surface area contributed by atoms with E-state index in [1.165, 1.54) is 6.07 Å². The Balaban J connectivity index is 1.40. The van der Waals surface area contributed by atoms with Crippen LogP contribution in [-0.2, 0) is 4.79 Å². The van der Waals surface area contributed by atoms with Gasteiger partial charge in [-0.3, -0.25) is 9.79 Å². The predicted octanol–water partition coefficient (Wildman–Crippen LogP) is 0.491. The van der Waals surface area contributed by atoms with Crippen LogP contribution in [0.2, 0.25) is 0 Å². The number of anilines is 1. The van der Waals surface area contributed by atoms with Crippen LogP contribution in [0.5, 0.6) is 0 Å². The number of nitrogens with zero attached hydrogens (tertiary/aromatic N) is 3. The number of hydrogen-bond donors (Lipinski definition) is 3. The van der Waals surface area contributed by atoms with Gasteiger partial charge in [0.15, 0.2) is 17.6 Å². The van der Waals surface area contributed by atoms with Crippen LogP contribution in [0.4, 0.5) is 10.2 Å². The minimum Gasteiger partial charge on any atom is -0.355 e. The molecule has 0 spiro atoms. The van der Waals surface area contributed by atoms with Gasteiger partial charge >= 0.3 is 0 Å². The Morgan fingerprint density at radius 1 is 1.36 bits per heavy atom. The number of carbonyl (C=O) groups excluding carboxylic acids is 1. The molecular formula is C17H25FN6O. The fraction of sp³-hybridized carbons (Fsp3) is 0.588. The molecule has 3 rings (SSSR count). The highest BCUT2D eigenvalue weighted by molar-refractivity contribution is 5.81. The van der Waals surface area contributed by atoms with Crippen LogP contribution < -0.4 is 20.9 Å². The van der Waals surface area contributed by atoms with Crippen molar-refractivity contribution in [3.05, 3.63) is 24.1 Å². The molecule has 1 aliphatic heterocycles. The summed E-state index contributed by atoms with van der Waals surface area (Å²) in [4.78, 5) is 21.8. The van der Waals surface area contributed by atoms with Gasteiger partial charge in [-0.25, -0.2) is 9.37 Å². The number of aliphatic imine (C=N–C) groups is 1. The van der Waals surface area contributed by atoms with Crippen molar-refractivity contribution in [3.8, 4) is 0 Å².